The van der Waals surface area contributed by atoms with Gasteiger partial charge in [-0.15, -0.1) is 0 Å². The van der Waals surface area contributed by atoms with Crippen molar-refractivity contribution in [2.45, 2.75) is 83.2 Å². The van der Waals surface area contributed by atoms with Crippen LogP contribution in [-0.4, -0.2) is 54.6 Å². The molecular formula is C27H41N3O. The predicted octanol–water partition coefficient (Wildman–Crippen LogP) is 5.37. The standard InChI is InChI=1S/C27H41N3O/c1-20-8-10-22(11-9-20)18-29-24(16-21-12-14-25(31-2)15-13-21)19-30-26(17-28-27(29)30)23-6-4-3-5-7-23/h12-15,20,22-24,26H,3-11,16-19H2,1-2H3/t20?,22?,24-,26+/m0/s1. The number of ether oxygens (including phenoxy) is 1. The molecular weight excluding hydrogens is 382 g/mol. The van der Waals surface area contributed by atoms with Gasteiger partial charge >= 0.3 is 0 Å². The first-order valence-electron chi connectivity index (χ1n) is 12.9. The Balaban J connectivity index is 1.32. The SMILES string of the molecule is COc1ccc(C[C@H]2CN3C(=NC[C@@H]3C3CCCCC3)N2CC2CCC(C)CC2)cc1. The maximum absolute atomic E-state index is 5.37. The van der Waals surface area contributed by atoms with Gasteiger partial charge in [-0.05, 0) is 67.6 Å². The summed E-state index contributed by atoms with van der Waals surface area (Å²) in [7, 11) is 1.75. The molecule has 3 fully saturated rings. The highest BCUT2D eigenvalue weighted by molar-refractivity contribution is 5.84. The van der Waals surface area contributed by atoms with Crippen molar-refractivity contribution in [2.75, 3.05) is 26.7 Å². The van der Waals surface area contributed by atoms with Crippen molar-refractivity contribution in [3.05, 3.63) is 29.8 Å². The highest BCUT2D eigenvalue weighted by Gasteiger charge is 2.45. The molecule has 0 radical (unpaired) electrons. The average Bonchev–Trinajstić information content (AvgIpc) is 3.36. The van der Waals surface area contributed by atoms with Gasteiger partial charge < -0.3 is 14.5 Å². The lowest BCUT2D eigenvalue weighted by Crippen LogP contribution is -2.42. The van der Waals surface area contributed by atoms with Gasteiger partial charge in [0.2, 0.25) is 0 Å². The number of guanidine groups is 1. The Bertz CT molecular complexity index is 746. The van der Waals surface area contributed by atoms with Crippen molar-refractivity contribution in [3.63, 3.8) is 0 Å². The van der Waals surface area contributed by atoms with Crippen LogP contribution < -0.4 is 4.74 Å². The highest BCUT2D eigenvalue weighted by atomic mass is 16.5. The first-order valence-corrected chi connectivity index (χ1v) is 12.9. The fourth-order valence-corrected chi connectivity index (χ4v) is 6.63. The number of methoxy groups -OCH3 is 1. The monoisotopic (exact) mass is 423 g/mol. The molecule has 4 aliphatic rings. The number of hydrogen-bond donors (Lipinski definition) is 0. The molecule has 5 rings (SSSR count). The molecule has 1 aromatic rings. The first-order chi connectivity index (χ1) is 15.2. The van der Waals surface area contributed by atoms with Crippen LogP contribution in [0.4, 0.5) is 0 Å². The number of nitrogens with zero attached hydrogens (tertiary/aromatic N) is 3. The van der Waals surface area contributed by atoms with E-state index in [-0.39, 0.29) is 0 Å². The van der Waals surface area contributed by atoms with E-state index < -0.39 is 0 Å². The maximum atomic E-state index is 5.37. The van der Waals surface area contributed by atoms with Crippen molar-refractivity contribution in [1.82, 2.24) is 9.80 Å². The molecule has 0 amide bonds. The molecule has 0 bridgehead atoms. The predicted molar refractivity (Wildman–Crippen MR) is 128 cm³/mol. The van der Waals surface area contributed by atoms with Crippen LogP contribution >= 0.6 is 0 Å². The number of aliphatic imine (C=N–C) groups is 1. The summed E-state index contributed by atoms with van der Waals surface area (Å²) in [6.45, 7) is 5.83. The third kappa shape index (κ3) is 4.59. The largest absolute Gasteiger partial charge is 0.497 e. The molecule has 0 unspecified atom stereocenters. The minimum Gasteiger partial charge on any atom is -0.497 e. The van der Waals surface area contributed by atoms with E-state index in [2.05, 4.69) is 41.0 Å². The fraction of sp³-hybridized carbons (Fsp3) is 0.741. The Morgan fingerprint density at radius 3 is 2.42 bits per heavy atom. The lowest BCUT2D eigenvalue weighted by molar-refractivity contribution is 0.201. The smallest absolute Gasteiger partial charge is 0.197 e. The molecule has 1 aromatic carbocycles. The molecule has 31 heavy (non-hydrogen) atoms. The Kier molecular flexibility index (Phi) is 6.43. The lowest BCUT2D eigenvalue weighted by Gasteiger charge is -2.34. The number of fused-ring (bicyclic) bond motifs is 1. The summed E-state index contributed by atoms with van der Waals surface area (Å²) in [5, 5.41) is 0. The van der Waals surface area contributed by atoms with Gasteiger partial charge in [0, 0.05) is 13.1 Å². The molecule has 0 aromatic heterocycles. The van der Waals surface area contributed by atoms with Crippen LogP contribution in [0.25, 0.3) is 0 Å². The summed E-state index contributed by atoms with van der Waals surface area (Å²) in [6, 6.07) is 9.94. The zero-order chi connectivity index (χ0) is 21.2. The summed E-state index contributed by atoms with van der Waals surface area (Å²) in [4.78, 5) is 10.6. The third-order valence-corrected chi connectivity index (χ3v) is 8.60. The lowest BCUT2D eigenvalue weighted by atomic mass is 9.82. The van der Waals surface area contributed by atoms with E-state index in [0.29, 0.717) is 12.1 Å². The van der Waals surface area contributed by atoms with Crippen LogP contribution in [0, 0.1) is 17.8 Å². The van der Waals surface area contributed by atoms with Crippen LogP contribution in [0.3, 0.4) is 0 Å². The molecule has 2 atom stereocenters. The summed E-state index contributed by atoms with van der Waals surface area (Å²) in [5.41, 5.74) is 1.42. The quantitative estimate of drug-likeness (QED) is 0.616. The molecule has 2 heterocycles. The van der Waals surface area contributed by atoms with Crippen molar-refractivity contribution in [3.8, 4) is 5.75 Å². The van der Waals surface area contributed by atoms with Crippen LogP contribution in [0.5, 0.6) is 5.75 Å². The Hall–Kier alpha value is -1.71. The molecule has 0 spiro atoms. The summed E-state index contributed by atoms with van der Waals surface area (Å²) < 4.78 is 5.37. The summed E-state index contributed by atoms with van der Waals surface area (Å²) >= 11 is 0. The molecule has 0 N–H and O–H groups in total. The molecule has 1 saturated heterocycles. The van der Waals surface area contributed by atoms with Crippen LogP contribution in [0.15, 0.2) is 29.3 Å². The van der Waals surface area contributed by atoms with Gasteiger partial charge in [-0.2, -0.15) is 0 Å². The third-order valence-electron chi connectivity index (χ3n) is 8.60. The summed E-state index contributed by atoms with van der Waals surface area (Å²) in [6.07, 6.45) is 13.8. The normalized spacial score (nSPS) is 31.6. The van der Waals surface area contributed by atoms with Crippen molar-refractivity contribution in [1.29, 1.82) is 0 Å². The zero-order valence-corrected chi connectivity index (χ0v) is 19.6. The van der Waals surface area contributed by atoms with E-state index in [1.807, 2.05) is 0 Å². The average molecular weight is 424 g/mol. The van der Waals surface area contributed by atoms with E-state index in [1.165, 1.54) is 75.9 Å². The van der Waals surface area contributed by atoms with Gasteiger partial charge in [0.1, 0.15) is 5.75 Å². The van der Waals surface area contributed by atoms with Crippen molar-refractivity contribution in [2.24, 2.45) is 22.7 Å². The molecule has 4 heteroatoms. The van der Waals surface area contributed by atoms with Crippen LogP contribution in [0.2, 0.25) is 0 Å². The number of rotatable bonds is 6. The second-order valence-electron chi connectivity index (χ2n) is 10.7. The Morgan fingerprint density at radius 2 is 1.71 bits per heavy atom. The van der Waals surface area contributed by atoms with Crippen molar-refractivity contribution >= 4 is 5.96 Å². The minimum absolute atomic E-state index is 0.554. The topological polar surface area (TPSA) is 28.1 Å². The Morgan fingerprint density at radius 1 is 0.968 bits per heavy atom. The number of hydrogen-bond acceptors (Lipinski definition) is 4. The highest BCUT2D eigenvalue weighted by Crippen LogP contribution is 2.37. The van der Waals surface area contributed by atoms with Gasteiger partial charge in [-0.25, -0.2) is 0 Å². The fourth-order valence-electron chi connectivity index (χ4n) is 6.63. The van der Waals surface area contributed by atoms with E-state index in [4.69, 9.17) is 9.73 Å². The van der Waals surface area contributed by atoms with Gasteiger partial charge in [-0.1, -0.05) is 51.2 Å². The van der Waals surface area contributed by atoms with E-state index in [1.54, 1.807) is 7.11 Å². The molecule has 2 aliphatic heterocycles. The van der Waals surface area contributed by atoms with Crippen LogP contribution in [-0.2, 0) is 6.42 Å². The second kappa shape index (κ2) is 9.42. The van der Waals surface area contributed by atoms with Crippen LogP contribution in [0.1, 0.15) is 70.3 Å². The molecule has 170 valence electrons. The van der Waals surface area contributed by atoms with Gasteiger partial charge in [0.15, 0.2) is 5.96 Å². The Labute approximate surface area is 189 Å². The molecule has 2 saturated carbocycles. The van der Waals surface area contributed by atoms with E-state index in [0.717, 1.165) is 43.0 Å². The zero-order valence-electron chi connectivity index (χ0n) is 19.6. The molecule has 2 aliphatic carbocycles. The minimum atomic E-state index is 0.554. The van der Waals surface area contributed by atoms with Crippen molar-refractivity contribution < 1.29 is 4.74 Å². The number of benzene rings is 1. The van der Waals surface area contributed by atoms with Gasteiger partial charge in [0.25, 0.3) is 0 Å². The second-order valence-corrected chi connectivity index (χ2v) is 10.7. The van der Waals surface area contributed by atoms with E-state index in [9.17, 15) is 0 Å². The van der Waals surface area contributed by atoms with E-state index >= 15 is 0 Å². The van der Waals surface area contributed by atoms with Gasteiger partial charge in [0.05, 0.1) is 25.7 Å². The maximum Gasteiger partial charge on any atom is 0.197 e. The summed E-state index contributed by atoms with van der Waals surface area (Å²) in [5.74, 6) is 4.90. The first kappa shape index (κ1) is 21.2. The van der Waals surface area contributed by atoms with Gasteiger partial charge in [-0.3, -0.25) is 4.99 Å². The molecule has 4 nitrogen and oxygen atoms in total.